The lowest BCUT2D eigenvalue weighted by atomic mass is 9.54. The number of ketones is 1. The van der Waals surface area contributed by atoms with Gasteiger partial charge in [-0.1, -0.05) is 45.3 Å². The van der Waals surface area contributed by atoms with Crippen molar-refractivity contribution in [3.05, 3.63) is 25.3 Å². The Morgan fingerprint density at radius 3 is 2.11 bits per heavy atom. The first-order valence-corrected chi connectivity index (χ1v) is 18.2. The van der Waals surface area contributed by atoms with Crippen LogP contribution in [0.25, 0.3) is 0 Å². The van der Waals surface area contributed by atoms with Crippen LogP contribution in [0.1, 0.15) is 104 Å². The average molecular weight is 653 g/mol. The summed E-state index contributed by atoms with van der Waals surface area (Å²) < 4.78 is 6.30. The first-order chi connectivity index (χ1) is 22.5. The Kier molecular flexibility index (Phi) is 11.5. The first kappa shape index (κ1) is 35.1. The van der Waals surface area contributed by atoms with Gasteiger partial charge in [-0.25, -0.2) is 4.79 Å². The van der Waals surface area contributed by atoms with Gasteiger partial charge < -0.3 is 25.6 Å². The van der Waals surface area contributed by atoms with E-state index in [0.717, 1.165) is 51.4 Å². The molecule has 4 bridgehead atoms. The molecule has 5 aliphatic carbocycles. The maximum Gasteiger partial charge on any atom is 0.408 e. The third-order valence-corrected chi connectivity index (χ3v) is 11.7. The number of carbonyl (C=O) groups excluding carboxylic acids is 5. The number of hydrogen-bond donors (Lipinski definition) is 3. The molecule has 1 saturated heterocycles. The number of alkyl carbamates (subject to hydrolysis) is 1. The Balaban J connectivity index is 1.34. The minimum Gasteiger partial charge on any atom is -0.443 e. The molecule has 1 heterocycles. The highest BCUT2D eigenvalue weighted by Crippen LogP contribution is 2.57. The molecule has 5 saturated carbocycles. The van der Waals surface area contributed by atoms with Crippen molar-refractivity contribution in [2.75, 3.05) is 13.1 Å². The highest BCUT2D eigenvalue weighted by Gasteiger charge is 2.54. The molecule has 0 radical (unpaired) electrons. The van der Waals surface area contributed by atoms with E-state index in [9.17, 15) is 24.0 Å². The fourth-order valence-corrected chi connectivity index (χ4v) is 9.85. The molecule has 2 unspecified atom stereocenters. The molecular formula is C37H56N4O6. The molecule has 47 heavy (non-hydrogen) atoms. The van der Waals surface area contributed by atoms with Crippen LogP contribution in [0, 0.1) is 35.5 Å². The van der Waals surface area contributed by atoms with Gasteiger partial charge in [0.1, 0.15) is 17.7 Å². The van der Waals surface area contributed by atoms with Gasteiger partial charge in [-0.05, 0) is 106 Å². The zero-order chi connectivity index (χ0) is 33.7. The van der Waals surface area contributed by atoms with Crippen LogP contribution in [0.4, 0.5) is 4.79 Å². The monoisotopic (exact) mass is 652 g/mol. The van der Waals surface area contributed by atoms with E-state index < -0.39 is 47.4 Å². The number of allylic oxidation sites excluding steroid dienone is 1. The van der Waals surface area contributed by atoms with E-state index in [1.165, 1.54) is 25.3 Å². The van der Waals surface area contributed by atoms with Gasteiger partial charge in [0.15, 0.2) is 0 Å². The predicted molar refractivity (Wildman–Crippen MR) is 179 cm³/mol. The van der Waals surface area contributed by atoms with Gasteiger partial charge in [0.25, 0.3) is 5.91 Å². The highest BCUT2D eigenvalue weighted by molar-refractivity contribution is 6.38. The van der Waals surface area contributed by atoms with Gasteiger partial charge in [0.05, 0.1) is 6.04 Å². The molecule has 4 amide bonds. The smallest absolute Gasteiger partial charge is 0.408 e. The number of Topliss-reactive ketones (excluding diaryl/α,β-unsaturated/α-hetero) is 1. The molecule has 6 fully saturated rings. The van der Waals surface area contributed by atoms with Crippen LogP contribution >= 0.6 is 0 Å². The normalized spacial score (nSPS) is 31.1. The summed E-state index contributed by atoms with van der Waals surface area (Å²) in [4.78, 5) is 69.6. The lowest BCUT2D eigenvalue weighted by molar-refractivity contribution is -0.145. The average Bonchev–Trinajstić information content (AvgIpc) is 3.49. The summed E-state index contributed by atoms with van der Waals surface area (Å²) in [6, 6.07) is -2.68. The molecule has 0 aromatic heterocycles. The minimum absolute atomic E-state index is 0.0440. The third kappa shape index (κ3) is 8.11. The van der Waals surface area contributed by atoms with E-state index in [-0.39, 0.29) is 36.6 Å². The van der Waals surface area contributed by atoms with E-state index in [2.05, 4.69) is 29.1 Å². The van der Waals surface area contributed by atoms with Crippen LogP contribution in [-0.4, -0.2) is 71.3 Å². The van der Waals surface area contributed by atoms with Crippen molar-refractivity contribution >= 4 is 29.6 Å². The summed E-state index contributed by atoms with van der Waals surface area (Å²) in [6.45, 7) is 11.9. The first-order valence-electron chi connectivity index (χ1n) is 18.2. The van der Waals surface area contributed by atoms with Gasteiger partial charge in [-0.15, -0.1) is 13.2 Å². The fraction of sp³-hybridized carbons (Fsp3) is 0.757. The minimum atomic E-state index is -1.06. The van der Waals surface area contributed by atoms with Gasteiger partial charge in [0, 0.05) is 13.1 Å². The lowest BCUT2D eigenvalue weighted by Crippen LogP contribution is -2.60. The number of likely N-dealkylation sites (tertiary alicyclic amines) is 1. The highest BCUT2D eigenvalue weighted by atomic mass is 16.6. The van der Waals surface area contributed by atoms with E-state index in [1.54, 1.807) is 11.0 Å². The second kappa shape index (κ2) is 15.4. The maximum atomic E-state index is 14.6. The van der Waals surface area contributed by atoms with Gasteiger partial charge in [-0.2, -0.15) is 0 Å². The number of rotatable bonds is 14. The summed E-state index contributed by atoms with van der Waals surface area (Å²) >= 11 is 0. The number of carbonyl (C=O) groups is 5. The predicted octanol–water partition coefficient (Wildman–Crippen LogP) is 4.83. The zero-order valence-corrected chi connectivity index (χ0v) is 28.5. The van der Waals surface area contributed by atoms with Crippen molar-refractivity contribution in [1.82, 2.24) is 20.9 Å². The van der Waals surface area contributed by atoms with Crippen molar-refractivity contribution in [2.24, 2.45) is 35.5 Å². The second-order valence-electron chi connectivity index (χ2n) is 15.5. The molecule has 260 valence electrons. The summed E-state index contributed by atoms with van der Waals surface area (Å²) in [5.74, 6) is -0.486. The topological polar surface area (TPSA) is 134 Å². The summed E-state index contributed by atoms with van der Waals surface area (Å²) in [6.07, 6.45) is 15.0. The lowest BCUT2D eigenvalue weighted by Gasteiger charge is -2.55. The quantitative estimate of drug-likeness (QED) is 0.182. The molecule has 4 atom stereocenters. The number of nitrogens with one attached hydrogen (secondary N) is 3. The summed E-state index contributed by atoms with van der Waals surface area (Å²) in [5.41, 5.74) is -0.428. The zero-order valence-electron chi connectivity index (χ0n) is 28.5. The van der Waals surface area contributed by atoms with Crippen molar-refractivity contribution < 1.29 is 28.7 Å². The van der Waals surface area contributed by atoms with Crippen molar-refractivity contribution in [2.45, 2.75) is 127 Å². The van der Waals surface area contributed by atoms with Crippen LogP contribution in [0.2, 0.25) is 0 Å². The number of nitrogens with zero attached hydrogens (tertiary/aromatic N) is 1. The largest absolute Gasteiger partial charge is 0.443 e. The van der Waals surface area contributed by atoms with Crippen LogP contribution < -0.4 is 16.0 Å². The van der Waals surface area contributed by atoms with Crippen LogP contribution in [0.3, 0.4) is 0 Å². The van der Waals surface area contributed by atoms with E-state index in [4.69, 9.17) is 4.74 Å². The second-order valence-corrected chi connectivity index (χ2v) is 15.5. The van der Waals surface area contributed by atoms with Crippen molar-refractivity contribution in [1.29, 1.82) is 0 Å². The van der Waals surface area contributed by atoms with E-state index in [1.807, 2.05) is 13.8 Å². The Morgan fingerprint density at radius 2 is 1.53 bits per heavy atom. The van der Waals surface area contributed by atoms with E-state index in [0.29, 0.717) is 37.1 Å². The Morgan fingerprint density at radius 1 is 0.894 bits per heavy atom. The third-order valence-electron chi connectivity index (χ3n) is 11.7. The molecule has 0 spiro atoms. The van der Waals surface area contributed by atoms with Crippen molar-refractivity contribution in [3.8, 4) is 0 Å². The SMILES string of the molecule is C=CCCC(NC(=O)[C@@H]1C(C(C)C)CCN1C(=O)[C@@H](NC(=O)OC12CC3CC(CC(C3)C1)C2)C1CCCCC1)C(=O)C(=O)NCC=C. The Labute approximate surface area is 280 Å². The summed E-state index contributed by atoms with van der Waals surface area (Å²) in [5, 5.41) is 8.39. The van der Waals surface area contributed by atoms with Gasteiger partial charge in [0.2, 0.25) is 17.6 Å². The maximum absolute atomic E-state index is 14.6. The molecule has 0 aromatic rings. The number of hydrogen-bond acceptors (Lipinski definition) is 6. The standard InChI is InChI=1S/C37H56N4O6/c1-5-7-13-29(32(42)34(44)38-15-6-2)39-33(43)31-28(23(3)4)14-16-41(31)35(45)30(27-11-9-8-10-12-27)40-36(46)47-37-20-24-17-25(21-37)19-26(18-24)22-37/h5-6,23-31H,1-2,7-22H2,3-4H3,(H,38,44)(H,39,43)(H,40,46)/t24?,25?,26?,28?,29?,30-,31-,37?/m0/s1. The molecule has 6 aliphatic rings. The van der Waals surface area contributed by atoms with Gasteiger partial charge >= 0.3 is 6.09 Å². The van der Waals surface area contributed by atoms with Crippen molar-refractivity contribution in [3.63, 3.8) is 0 Å². The molecule has 0 aromatic carbocycles. The Hall–Kier alpha value is -3.17. The van der Waals surface area contributed by atoms with Crippen LogP contribution in [0.15, 0.2) is 25.3 Å². The molecule has 6 rings (SSSR count). The van der Waals surface area contributed by atoms with Gasteiger partial charge in [-0.3, -0.25) is 19.2 Å². The fourth-order valence-electron chi connectivity index (χ4n) is 9.85. The molecule has 3 N–H and O–H groups in total. The summed E-state index contributed by atoms with van der Waals surface area (Å²) in [7, 11) is 0. The molecule has 10 heteroatoms. The molecule has 10 nitrogen and oxygen atoms in total. The molecule has 1 aliphatic heterocycles. The Bertz CT molecular complexity index is 1170. The number of ether oxygens (including phenoxy) is 1. The van der Waals surface area contributed by atoms with E-state index >= 15 is 0 Å². The number of amides is 4. The van der Waals surface area contributed by atoms with Crippen LogP contribution in [-0.2, 0) is 23.9 Å². The van der Waals surface area contributed by atoms with Crippen LogP contribution in [0.5, 0.6) is 0 Å². The molecular weight excluding hydrogens is 596 g/mol.